The van der Waals surface area contributed by atoms with Gasteiger partial charge in [-0.15, -0.1) is 0 Å². The Hall–Kier alpha value is -3.61. The SMILES string of the molecule is Cc1c(Cc2ccccc2)c(=O)oc2c(C)c(O[C@@H](C)C(=O)N[C@@H](C)C(=O)O)ccc12. The third-order valence-electron chi connectivity index (χ3n) is 5.28. The molecule has 0 aliphatic rings. The average molecular weight is 423 g/mol. The van der Waals surface area contributed by atoms with E-state index in [-0.39, 0.29) is 0 Å². The van der Waals surface area contributed by atoms with Gasteiger partial charge in [-0.3, -0.25) is 9.59 Å². The molecule has 0 aliphatic heterocycles. The van der Waals surface area contributed by atoms with Gasteiger partial charge in [-0.05, 0) is 51.0 Å². The van der Waals surface area contributed by atoms with E-state index in [0.717, 1.165) is 16.5 Å². The molecule has 1 amide bonds. The number of carboxylic acid groups (broad SMARTS) is 1. The number of amides is 1. The van der Waals surface area contributed by atoms with E-state index in [1.807, 2.05) is 37.3 Å². The molecule has 1 heterocycles. The molecule has 7 nitrogen and oxygen atoms in total. The van der Waals surface area contributed by atoms with Crippen molar-refractivity contribution in [3.63, 3.8) is 0 Å². The lowest BCUT2D eigenvalue weighted by molar-refractivity contribution is -0.142. The fraction of sp³-hybridized carbons (Fsp3) is 0.292. The first-order valence-electron chi connectivity index (χ1n) is 9.98. The van der Waals surface area contributed by atoms with Gasteiger partial charge in [0.25, 0.3) is 5.91 Å². The molecular formula is C24H25NO6. The number of carbonyl (C=O) groups excluding carboxylic acids is 1. The summed E-state index contributed by atoms with van der Waals surface area (Å²) in [4.78, 5) is 35.8. The number of benzene rings is 2. The zero-order valence-corrected chi connectivity index (χ0v) is 17.9. The molecule has 0 spiro atoms. The second-order valence-electron chi connectivity index (χ2n) is 7.55. The molecule has 2 aromatic carbocycles. The van der Waals surface area contributed by atoms with Crippen molar-refractivity contribution >= 4 is 22.8 Å². The van der Waals surface area contributed by atoms with Crippen LogP contribution < -0.4 is 15.7 Å². The van der Waals surface area contributed by atoms with E-state index >= 15 is 0 Å². The maximum Gasteiger partial charge on any atom is 0.340 e. The van der Waals surface area contributed by atoms with Crippen molar-refractivity contribution < 1.29 is 23.8 Å². The predicted molar refractivity (Wildman–Crippen MR) is 117 cm³/mol. The van der Waals surface area contributed by atoms with Crippen LogP contribution in [0.15, 0.2) is 51.7 Å². The smallest absolute Gasteiger partial charge is 0.340 e. The summed E-state index contributed by atoms with van der Waals surface area (Å²) in [6.07, 6.45) is -0.454. The Morgan fingerprint density at radius 3 is 2.39 bits per heavy atom. The fourth-order valence-electron chi connectivity index (χ4n) is 3.34. The van der Waals surface area contributed by atoms with Crippen LogP contribution in [0.3, 0.4) is 0 Å². The quantitative estimate of drug-likeness (QED) is 0.565. The summed E-state index contributed by atoms with van der Waals surface area (Å²) in [5, 5.41) is 12.1. The Morgan fingerprint density at radius 1 is 1.06 bits per heavy atom. The van der Waals surface area contributed by atoms with Gasteiger partial charge < -0.3 is 19.6 Å². The van der Waals surface area contributed by atoms with E-state index < -0.39 is 29.6 Å². The molecule has 1 aromatic heterocycles. The first-order valence-corrected chi connectivity index (χ1v) is 9.98. The molecule has 0 radical (unpaired) electrons. The molecule has 0 unspecified atom stereocenters. The highest BCUT2D eigenvalue weighted by molar-refractivity contribution is 5.87. The van der Waals surface area contributed by atoms with Crippen molar-refractivity contribution in [3.8, 4) is 5.75 Å². The van der Waals surface area contributed by atoms with Gasteiger partial charge >= 0.3 is 11.6 Å². The standard InChI is InChI=1S/C24H25NO6/c1-13-18-10-11-20(30-16(4)22(26)25-15(3)23(27)28)14(2)21(18)31-24(29)19(13)12-17-8-6-5-7-9-17/h5-11,15-16H,12H2,1-4H3,(H,25,26)(H,27,28)/t15-,16-/m0/s1. The Bertz CT molecular complexity index is 1180. The van der Waals surface area contributed by atoms with E-state index in [1.165, 1.54) is 13.8 Å². The van der Waals surface area contributed by atoms with Crippen LogP contribution in [0.5, 0.6) is 5.75 Å². The molecule has 31 heavy (non-hydrogen) atoms. The van der Waals surface area contributed by atoms with Crippen LogP contribution in [-0.4, -0.2) is 29.1 Å². The van der Waals surface area contributed by atoms with Gasteiger partial charge in [0.05, 0.1) is 0 Å². The lowest BCUT2D eigenvalue weighted by Gasteiger charge is -2.18. The van der Waals surface area contributed by atoms with Gasteiger partial charge in [-0.1, -0.05) is 30.3 Å². The lowest BCUT2D eigenvalue weighted by atomic mass is 9.98. The molecule has 7 heteroatoms. The normalized spacial score (nSPS) is 12.9. The van der Waals surface area contributed by atoms with E-state index in [2.05, 4.69) is 5.32 Å². The zero-order chi connectivity index (χ0) is 22.7. The highest BCUT2D eigenvalue weighted by atomic mass is 16.5. The zero-order valence-electron chi connectivity index (χ0n) is 17.9. The maximum absolute atomic E-state index is 12.7. The summed E-state index contributed by atoms with van der Waals surface area (Å²) in [6, 6.07) is 12.2. The number of aliphatic carboxylic acids is 1. The maximum atomic E-state index is 12.7. The van der Waals surface area contributed by atoms with Gasteiger partial charge in [0.1, 0.15) is 17.4 Å². The predicted octanol–water partition coefficient (Wildman–Crippen LogP) is 3.36. The third-order valence-corrected chi connectivity index (χ3v) is 5.28. The largest absolute Gasteiger partial charge is 0.480 e. The number of hydrogen-bond donors (Lipinski definition) is 2. The van der Waals surface area contributed by atoms with Gasteiger partial charge in [-0.25, -0.2) is 4.79 Å². The Balaban J connectivity index is 1.90. The molecule has 0 saturated heterocycles. The summed E-state index contributed by atoms with van der Waals surface area (Å²) in [5.74, 6) is -1.30. The minimum absolute atomic E-state index is 0.386. The number of nitrogens with one attached hydrogen (secondary N) is 1. The topological polar surface area (TPSA) is 106 Å². The van der Waals surface area contributed by atoms with Crippen molar-refractivity contribution in [2.75, 3.05) is 0 Å². The van der Waals surface area contributed by atoms with Crippen LogP contribution in [0, 0.1) is 13.8 Å². The molecule has 0 saturated carbocycles. The molecule has 2 N–H and O–H groups in total. The van der Waals surface area contributed by atoms with Crippen molar-refractivity contribution in [2.45, 2.75) is 46.3 Å². The summed E-state index contributed by atoms with van der Waals surface area (Å²) in [6.45, 7) is 6.54. The van der Waals surface area contributed by atoms with Crippen LogP contribution in [0.1, 0.15) is 36.1 Å². The number of aryl methyl sites for hydroxylation is 2. The van der Waals surface area contributed by atoms with Gasteiger partial charge in [-0.2, -0.15) is 0 Å². The van der Waals surface area contributed by atoms with E-state index in [4.69, 9.17) is 14.3 Å². The summed E-state index contributed by atoms with van der Waals surface area (Å²) in [5.41, 5.74) is 3.05. The number of ether oxygens (including phenoxy) is 1. The van der Waals surface area contributed by atoms with Crippen molar-refractivity contribution in [3.05, 3.63) is 75.1 Å². The van der Waals surface area contributed by atoms with Crippen LogP contribution in [-0.2, 0) is 16.0 Å². The van der Waals surface area contributed by atoms with Crippen molar-refractivity contribution in [1.29, 1.82) is 0 Å². The first-order chi connectivity index (χ1) is 14.7. The average Bonchev–Trinajstić information content (AvgIpc) is 2.74. The Labute approximate surface area is 179 Å². The van der Waals surface area contributed by atoms with E-state index in [9.17, 15) is 14.4 Å². The number of rotatable bonds is 7. The molecule has 0 bridgehead atoms. The monoisotopic (exact) mass is 423 g/mol. The van der Waals surface area contributed by atoms with Crippen LogP contribution in [0.25, 0.3) is 11.0 Å². The summed E-state index contributed by atoms with van der Waals surface area (Å²) < 4.78 is 11.4. The fourth-order valence-corrected chi connectivity index (χ4v) is 3.34. The number of carbonyl (C=O) groups is 2. The highest BCUT2D eigenvalue weighted by Gasteiger charge is 2.22. The molecule has 0 aliphatic carbocycles. The number of fused-ring (bicyclic) bond motifs is 1. The van der Waals surface area contributed by atoms with E-state index in [1.54, 1.807) is 19.1 Å². The van der Waals surface area contributed by atoms with Crippen molar-refractivity contribution in [1.82, 2.24) is 5.32 Å². The molecule has 2 atom stereocenters. The molecule has 3 rings (SSSR count). The minimum atomic E-state index is -1.13. The van der Waals surface area contributed by atoms with E-state index in [0.29, 0.717) is 28.9 Å². The number of carboxylic acids is 1. The summed E-state index contributed by atoms with van der Waals surface area (Å²) in [7, 11) is 0. The van der Waals surface area contributed by atoms with Crippen molar-refractivity contribution in [2.24, 2.45) is 0 Å². The molecular weight excluding hydrogens is 398 g/mol. The van der Waals surface area contributed by atoms with Gasteiger partial charge in [0, 0.05) is 22.9 Å². The third kappa shape index (κ3) is 4.77. The molecule has 162 valence electrons. The highest BCUT2D eigenvalue weighted by Crippen LogP contribution is 2.30. The van der Waals surface area contributed by atoms with Gasteiger partial charge in [0.15, 0.2) is 6.10 Å². The van der Waals surface area contributed by atoms with Crippen LogP contribution in [0.2, 0.25) is 0 Å². The Kier molecular flexibility index (Phi) is 6.44. The lowest BCUT2D eigenvalue weighted by Crippen LogP contribution is -2.44. The Morgan fingerprint density at radius 2 is 1.74 bits per heavy atom. The van der Waals surface area contributed by atoms with Crippen LogP contribution in [0.4, 0.5) is 0 Å². The number of hydrogen-bond acceptors (Lipinski definition) is 5. The minimum Gasteiger partial charge on any atom is -0.480 e. The van der Waals surface area contributed by atoms with Gasteiger partial charge in [0.2, 0.25) is 0 Å². The molecule has 3 aromatic rings. The second kappa shape index (κ2) is 9.04. The summed E-state index contributed by atoms with van der Waals surface area (Å²) >= 11 is 0. The van der Waals surface area contributed by atoms with Crippen LogP contribution >= 0.6 is 0 Å². The first kappa shape index (κ1) is 22.1. The second-order valence-corrected chi connectivity index (χ2v) is 7.55. The molecule has 0 fully saturated rings.